The van der Waals surface area contributed by atoms with Crippen molar-refractivity contribution in [1.82, 2.24) is 14.6 Å². The zero-order valence-corrected chi connectivity index (χ0v) is 20.1. The van der Waals surface area contributed by atoms with Gasteiger partial charge in [0.15, 0.2) is 0 Å². The van der Waals surface area contributed by atoms with Gasteiger partial charge < -0.3 is 5.32 Å². The number of nitrogens with one attached hydrogen (secondary N) is 2. The zero-order valence-electron chi connectivity index (χ0n) is 17.7. The number of carbonyl (C=O) groups is 2. The molecular weight excluding hydrogens is 498 g/mol. The number of pyridine rings is 1. The summed E-state index contributed by atoms with van der Waals surface area (Å²) in [5.74, 6) is -1.44. The van der Waals surface area contributed by atoms with Crippen LogP contribution in [0.5, 0.6) is 0 Å². The Labute approximate surface area is 203 Å². The number of halogens is 1. The molecule has 0 aliphatic carbocycles. The van der Waals surface area contributed by atoms with Gasteiger partial charge in [-0.15, -0.1) is 11.3 Å². The van der Waals surface area contributed by atoms with Crippen molar-refractivity contribution in [2.75, 3.05) is 0 Å². The minimum absolute atomic E-state index is 0.0385. The average molecular weight is 516 g/mol. The summed E-state index contributed by atoms with van der Waals surface area (Å²) in [5, 5.41) is 3.64. The topological polar surface area (TPSA) is 114 Å². The van der Waals surface area contributed by atoms with Gasteiger partial charge in [0.05, 0.1) is 0 Å². The van der Waals surface area contributed by atoms with Crippen LogP contribution in [0, 0.1) is 0 Å². The van der Waals surface area contributed by atoms with Crippen LogP contribution >= 0.6 is 22.9 Å². The monoisotopic (exact) mass is 515 g/mol. The Morgan fingerprint density at radius 3 is 2.47 bits per heavy atom. The molecule has 4 rings (SSSR count). The second-order valence-electron chi connectivity index (χ2n) is 7.37. The summed E-state index contributed by atoms with van der Waals surface area (Å²) in [6.45, 7) is 1.38. The molecule has 0 saturated heterocycles. The number of fused-ring (bicyclic) bond motifs is 1. The van der Waals surface area contributed by atoms with E-state index in [-0.39, 0.29) is 15.3 Å². The van der Waals surface area contributed by atoms with Crippen LogP contribution in [0.15, 0.2) is 81.9 Å². The fourth-order valence-electron chi connectivity index (χ4n) is 3.14. The van der Waals surface area contributed by atoms with E-state index in [9.17, 15) is 22.8 Å². The van der Waals surface area contributed by atoms with Crippen molar-refractivity contribution < 1.29 is 18.0 Å². The molecule has 1 atom stereocenters. The fraction of sp³-hybridized carbons (Fsp3) is 0.0870. The van der Waals surface area contributed by atoms with Crippen LogP contribution in [0.4, 0.5) is 0 Å². The molecule has 4 aromatic rings. The van der Waals surface area contributed by atoms with Crippen LogP contribution in [-0.2, 0) is 14.8 Å². The molecule has 8 nitrogen and oxygen atoms in total. The number of sulfonamides is 1. The molecule has 0 aliphatic rings. The quantitative estimate of drug-likeness (QED) is 0.409. The number of hydrogen-bond acceptors (Lipinski definition) is 6. The number of aromatic nitrogens is 1. The second kappa shape index (κ2) is 9.41. The van der Waals surface area contributed by atoms with Crippen LogP contribution in [0.2, 0.25) is 5.02 Å². The van der Waals surface area contributed by atoms with E-state index < -0.39 is 27.9 Å². The highest BCUT2D eigenvalue weighted by Crippen LogP contribution is 2.30. The molecular formula is C23H18ClN3O5S2. The van der Waals surface area contributed by atoms with Gasteiger partial charge in [0.25, 0.3) is 27.4 Å². The second-order valence-corrected chi connectivity index (χ2v) is 10.8. The van der Waals surface area contributed by atoms with Crippen LogP contribution in [0.25, 0.3) is 15.8 Å². The van der Waals surface area contributed by atoms with Gasteiger partial charge in [-0.25, -0.2) is 13.1 Å². The predicted octanol–water partition coefficient (Wildman–Crippen LogP) is 3.33. The number of nitrogens with zero attached hydrogens (tertiary/aromatic N) is 1. The van der Waals surface area contributed by atoms with Gasteiger partial charge in [0.2, 0.25) is 0 Å². The Morgan fingerprint density at radius 1 is 1.03 bits per heavy atom. The van der Waals surface area contributed by atoms with Crippen molar-refractivity contribution in [2.24, 2.45) is 0 Å². The predicted molar refractivity (Wildman–Crippen MR) is 131 cm³/mol. The molecule has 0 spiro atoms. The molecule has 2 aromatic carbocycles. The molecule has 1 unspecified atom stereocenters. The summed E-state index contributed by atoms with van der Waals surface area (Å²) in [4.78, 5) is 37.0. The van der Waals surface area contributed by atoms with E-state index in [0.717, 1.165) is 11.3 Å². The highest BCUT2D eigenvalue weighted by atomic mass is 35.5. The molecule has 0 radical (unpaired) electrons. The van der Waals surface area contributed by atoms with Gasteiger partial charge in [-0.1, -0.05) is 23.7 Å². The van der Waals surface area contributed by atoms with E-state index >= 15 is 0 Å². The number of benzene rings is 2. The summed E-state index contributed by atoms with van der Waals surface area (Å²) in [5.41, 5.74) is 0.605. The normalized spacial score (nSPS) is 12.3. The molecule has 2 heterocycles. The van der Waals surface area contributed by atoms with Crippen LogP contribution in [0.1, 0.15) is 17.3 Å². The molecule has 11 heteroatoms. The fourth-order valence-corrected chi connectivity index (χ4v) is 5.87. The Balaban J connectivity index is 1.43. The highest BCUT2D eigenvalue weighted by molar-refractivity contribution is 7.92. The maximum absolute atomic E-state index is 12.7. The molecule has 0 bridgehead atoms. The maximum Gasteiger partial charge on any atom is 0.273 e. The van der Waals surface area contributed by atoms with Crippen molar-refractivity contribution in [1.29, 1.82) is 0 Å². The van der Waals surface area contributed by atoms with Crippen molar-refractivity contribution in [2.45, 2.75) is 17.2 Å². The lowest BCUT2D eigenvalue weighted by molar-refractivity contribution is -0.120. The number of carbonyl (C=O) groups excluding carboxylic acids is 2. The number of thiophene rings is 1. The van der Waals surface area contributed by atoms with Gasteiger partial charge in [0, 0.05) is 33.2 Å². The first-order valence-corrected chi connectivity index (χ1v) is 12.7. The Kier molecular flexibility index (Phi) is 6.56. The molecule has 0 saturated carbocycles. The Morgan fingerprint density at radius 2 is 1.76 bits per heavy atom. The molecule has 2 N–H and O–H groups in total. The van der Waals surface area contributed by atoms with E-state index in [2.05, 4.69) is 5.32 Å². The van der Waals surface area contributed by atoms with Crippen LogP contribution in [-0.4, -0.2) is 30.8 Å². The molecule has 0 aliphatic heterocycles. The Bertz CT molecular complexity index is 1560. The first-order valence-electron chi connectivity index (χ1n) is 9.99. The third kappa shape index (κ3) is 5.04. The lowest BCUT2D eigenvalue weighted by Gasteiger charge is -2.14. The van der Waals surface area contributed by atoms with Gasteiger partial charge in [0.1, 0.15) is 10.3 Å². The van der Waals surface area contributed by atoms with Crippen LogP contribution in [0.3, 0.4) is 0 Å². The number of hydrogen-bond donors (Lipinski definition) is 2. The minimum atomic E-state index is -4.13. The Hall–Kier alpha value is -3.47. The molecule has 174 valence electrons. The van der Waals surface area contributed by atoms with Crippen molar-refractivity contribution in [3.63, 3.8) is 0 Å². The first kappa shape index (κ1) is 23.7. The lowest BCUT2D eigenvalue weighted by atomic mass is 10.1. The standard InChI is InChI=1S/C23H18ClN3O5S2/c1-14(22(29)26-34(31,32)21-12-16-5-8-17(24)13-19(16)33-21)25-23(30)15-6-9-18(10-7-15)27-11-3-2-4-20(27)28/h2-14H,1H3,(H,25,30)(H,26,29). The molecule has 0 fully saturated rings. The third-order valence-electron chi connectivity index (χ3n) is 4.93. The van der Waals surface area contributed by atoms with E-state index in [4.69, 9.17) is 11.6 Å². The van der Waals surface area contributed by atoms with E-state index in [1.165, 1.54) is 35.8 Å². The molecule has 34 heavy (non-hydrogen) atoms. The third-order valence-corrected chi connectivity index (χ3v) is 8.08. The van der Waals surface area contributed by atoms with Gasteiger partial charge in [-0.2, -0.15) is 0 Å². The summed E-state index contributed by atoms with van der Waals surface area (Å²) in [6.07, 6.45) is 1.61. The lowest BCUT2D eigenvalue weighted by Crippen LogP contribution is -2.46. The number of rotatable bonds is 6. The van der Waals surface area contributed by atoms with Crippen LogP contribution < -0.4 is 15.6 Å². The summed E-state index contributed by atoms with van der Waals surface area (Å²) in [6, 6.07) is 16.3. The summed E-state index contributed by atoms with van der Waals surface area (Å²) >= 11 is 6.93. The van der Waals surface area contributed by atoms with Crippen molar-refractivity contribution >= 4 is 54.9 Å². The van der Waals surface area contributed by atoms with Crippen molar-refractivity contribution in [3.05, 3.63) is 93.9 Å². The number of amides is 2. The first-order chi connectivity index (χ1) is 16.1. The van der Waals surface area contributed by atoms with Gasteiger partial charge in [-0.3, -0.25) is 19.0 Å². The van der Waals surface area contributed by atoms with Gasteiger partial charge >= 0.3 is 0 Å². The summed E-state index contributed by atoms with van der Waals surface area (Å²) < 4.78 is 29.4. The highest BCUT2D eigenvalue weighted by Gasteiger charge is 2.25. The van der Waals surface area contributed by atoms with Crippen molar-refractivity contribution in [3.8, 4) is 5.69 Å². The zero-order chi connectivity index (χ0) is 24.5. The van der Waals surface area contributed by atoms with Gasteiger partial charge in [-0.05, 0) is 60.8 Å². The smallest absolute Gasteiger partial charge is 0.273 e. The summed E-state index contributed by atoms with van der Waals surface area (Å²) in [7, 11) is -4.13. The van der Waals surface area contributed by atoms with E-state index in [1.54, 1.807) is 48.7 Å². The maximum atomic E-state index is 12.7. The largest absolute Gasteiger partial charge is 0.340 e. The average Bonchev–Trinajstić information content (AvgIpc) is 3.23. The van der Waals surface area contributed by atoms with E-state index in [0.29, 0.717) is 20.8 Å². The molecule has 2 aromatic heterocycles. The molecule has 2 amide bonds. The SMILES string of the molecule is CC(NC(=O)c1ccc(-n2ccccc2=O)cc1)C(=O)NS(=O)(=O)c1cc2ccc(Cl)cc2s1. The van der Waals surface area contributed by atoms with E-state index in [1.807, 2.05) is 4.72 Å². The minimum Gasteiger partial charge on any atom is -0.340 e.